The number of benzene rings is 1. The molecular weight excluding hydrogens is 304 g/mol. The average molecular weight is 320 g/mol. The smallest absolute Gasteiger partial charge is 0.281 e. The van der Waals surface area contributed by atoms with Gasteiger partial charge in [-0.3, -0.25) is 9.36 Å². The molecule has 0 unspecified atom stereocenters. The standard InChI is InChI=1S/C17H16N6O/c1-18-14-7-6-11(10-20-14)16(24)22-17-21-13-5-3-2-4-12(13)15-19-8-9-23(15)17/h2-7,10,19H,8-9H2,1H3,(H,18,20). The zero-order valence-corrected chi connectivity index (χ0v) is 13.2. The molecule has 0 atom stereocenters. The largest absolute Gasteiger partial charge is 0.373 e. The predicted octanol–water partition coefficient (Wildman–Crippen LogP) is 1.64. The molecule has 4 rings (SSSR count). The Morgan fingerprint density at radius 2 is 2.17 bits per heavy atom. The third-order valence-electron chi connectivity index (χ3n) is 3.99. The van der Waals surface area contributed by atoms with E-state index in [1.165, 1.54) is 6.20 Å². The highest BCUT2D eigenvalue weighted by Gasteiger charge is 2.15. The fourth-order valence-corrected chi connectivity index (χ4v) is 2.78. The van der Waals surface area contributed by atoms with Crippen LogP contribution < -0.4 is 16.3 Å². The second kappa shape index (κ2) is 5.77. The molecule has 1 aromatic carbocycles. The van der Waals surface area contributed by atoms with Gasteiger partial charge in [0.05, 0.1) is 11.1 Å². The lowest BCUT2D eigenvalue weighted by molar-refractivity contribution is 0.0996. The van der Waals surface area contributed by atoms with Crippen molar-refractivity contribution in [2.45, 2.75) is 6.54 Å². The summed E-state index contributed by atoms with van der Waals surface area (Å²) in [6.45, 7) is 1.53. The topological polar surface area (TPSA) is 84.2 Å². The molecule has 0 radical (unpaired) electrons. The molecule has 0 fully saturated rings. The number of rotatable bonds is 2. The Labute approximate surface area is 138 Å². The molecule has 0 saturated heterocycles. The maximum absolute atomic E-state index is 12.4. The van der Waals surface area contributed by atoms with Crippen LogP contribution in [0.1, 0.15) is 10.4 Å². The van der Waals surface area contributed by atoms with Crippen molar-refractivity contribution in [3.63, 3.8) is 0 Å². The summed E-state index contributed by atoms with van der Waals surface area (Å²) in [5.74, 6) is 1.31. The molecule has 0 aliphatic carbocycles. The molecule has 3 aromatic rings. The van der Waals surface area contributed by atoms with E-state index in [1.807, 2.05) is 28.8 Å². The lowest BCUT2D eigenvalue weighted by Gasteiger charge is -2.07. The van der Waals surface area contributed by atoms with E-state index in [1.54, 1.807) is 19.2 Å². The van der Waals surface area contributed by atoms with E-state index in [0.29, 0.717) is 17.0 Å². The number of hydrogen-bond donors (Lipinski definition) is 2. The molecule has 0 spiro atoms. The van der Waals surface area contributed by atoms with Crippen LogP contribution in [0.2, 0.25) is 0 Å². The molecule has 0 bridgehead atoms. The first-order valence-electron chi connectivity index (χ1n) is 7.72. The number of aromatic nitrogens is 3. The van der Waals surface area contributed by atoms with Gasteiger partial charge >= 0.3 is 0 Å². The zero-order valence-electron chi connectivity index (χ0n) is 13.2. The SMILES string of the molecule is CNc1ccc(C(=O)N=c2nc3ccccc3c3n2CCN3)cn1. The fraction of sp³-hybridized carbons (Fsp3) is 0.176. The summed E-state index contributed by atoms with van der Waals surface area (Å²) in [6.07, 6.45) is 1.52. The highest BCUT2D eigenvalue weighted by Crippen LogP contribution is 2.22. The van der Waals surface area contributed by atoms with Gasteiger partial charge in [-0.2, -0.15) is 4.99 Å². The van der Waals surface area contributed by atoms with E-state index in [0.717, 1.165) is 29.8 Å². The van der Waals surface area contributed by atoms with Gasteiger partial charge in [0.1, 0.15) is 11.6 Å². The third-order valence-corrected chi connectivity index (χ3v) is 3.99. The van der Waals surface area contributed by atoms with Crippen molar-refractivity contribution in [2.75, 3.05) is 24.2 Å². The summed E-state index contributed by atoms with van der Waals surface area (Å²) in [4.78, 5) is 25.4. The van der Waals surface area contributed by atoms with Gasteiger partial charge in [-0.1, -0.05) is 12.1 Å². The maximum atomic E-state index is 12.4. The van der Waals surface area contributed by atoms with E-state index in [-0.39, 0.29) is 5.91 Å². The Balaban J connectivity index is 1.83. The molecule has 2 N–H and O–H groups in total. The van der Waals surface area contributed by atoms with E-state index in [4.69, 9.17) is 0 Å². The number of amides is 1. The maximum Gasteiger partial charge on any atom is 0.281 e. The Kier molecular flexibility index (Phi) is 3.45. The van der Waals surface area contributed by atoms with Crippen molar-refractivity contribution in [3.05, 3.63) is 53.8 Å². The fourth-order valence-electron chi connectivity index (χ4n) is 2.78. The van der Waals surface area contributed by atoms with Crippen LogP contribution in [-0.2, 0) is 6.54 Å². The van der Waals surface area contributed by atoms with Crippen LogP contribution in [0.3, 0.4) is 0 Å². The first-order valence-corrected chi connectivity index (χ1v) is 7.72. The molecule has 2 aromatic heterocycles. The Hall–Kier alpha value is -3.22. The minimum absolute atomic E-state index is 0.352. The third kappa shape index (κ3) is 2.40. The highest BCUT2D eigenvalue weighted by atomic mass is 16.1. The number of pyridine rings is 1. The number of carbonyl (C=O) groups is 1. The van der Waals surface area contributed by atoms with Gasteiger partial charge in [0.25, 0.3) is 5.91 Å². The van der Waals surface area contributed by atoms with Crippen LogP contribution in [0.5, 0.6) is 0 Å². The summed E-state index contributed by atoms with van der Waals surface area (Å²) < 4.78 is 1.94. The van der Waals surface area contributed by atoms with Crippen molar-refractivity contribution in [3.8, 4) is 0 Å². The molecule has 24 heavy (non-hydrogen) atoms. The molecule has 1 aliphatic rings. The molecule has 0 saturated carbocycles. The zero-order chi connectivity index (χ0) is 16.5. The molecular formula is C17H16N6O. The molecule has 1 amide bonds. The summed E-state index contributed by atoms with van der Waals surface area (Å²) in [5, 5.41) is 7.29. The normalized spacial score (nSPS) is 13.6. The lowest BCUT2D eigenvalue weighted by atomic mass is 10.2. The Morgan fingerprint density at radius 3 is 2.96 bits per heavy atom. The minimum Gasteiger partial charge on any atom is -0.373 e. The summed E-state index contributed by atoms with van der Waals surface area (Å²) in [7, 11) is 1.78. The van der Waals surface area contributed by atoms with Crippen molar-refractivity contribution < 1.29 is 4.79 Å². The van der Waals surface area contributed by atoms with Crippen molar-refractivity contribution in [1.82, 2.24) is 14.5 Å². The van der Waals surface area contributed by atoms with Crippen LogP contribution in [-0.4, -0.2) is 34.0 Å². The molecule has 7 heteroatoms. The van der Waals surface area contributed by atoms with Crippen LogP contribution in [0, 0.1) is 0 Å². The van der Waals surface area contributed by atoms with Crippen LogP contribution >= 0.6 is 0 Å². The van der Waals surface area contributed by atoms with Gasteiger partial charge in [-0.25, -0.2) is 9.97 Å². The first kappa shape index (κ1) is 14.4. The summed E-state index contributed by atoms with van der Waals surface area (Å²) >= 11 is 0. The van der Waals surface area contributed by atoms with Gasteiger partial charge in [0.15, 0.2) is 0 Å². The number of nitrogens with one attached hydrogen (secondary N) is 2. The van der Waals surface area contributed by atoms with Crippen molar-refractivity contribution >= 4 is 28.4 Å². The summed E-state index contributed by atoms with van der Waals surface area (Å²) in [5.41, 5.74) is 1.66. The second-order valence-electron chi connectivity index (χ2n) is 5.46. The molecule has 7 nitrogen and oxygen atoms in total. The number of nitrogens with zero attached hydrogens (tertiary/aromatic N) is 4. The van der Waals surface area contributed by atoms with Crippen molar-refractivity contribution in [1.29, 1.82) is 0 Å². The van der Waals surface area contributed by atoms with E-state index in [2.05, 4.69) is 25.6 Å². The number of para-hydroxylation sites is 1. The first-order chi connectivity index (χ1) is 11.8. The van der Waals surface area contributed by atoms with Gasteiger partial charge < -0.3 is 10.6 Å². The second-order valence-corrected chi connectivity index (χ2v) is 5.46. The molecule has 120 valence electrons. The number of carbonyl (C=O) groups excluding carboxylic acids is 1. The van der Waals surface area contributed by atoms with Gasteiger partial charge in [-0.05, 0) is 24.3 Å². The Bertz CT molecular complexity index is 990. The number of anilines is 2. The lowest BCUT2D eigenvalue weighted by Crippen LogP contribution is -2.24. The number of hydrogen-bond acceptors (Lipinski definition) is 5. The van der Waals surface area contributed by atoms with Gasteiger partial charge in [0, 0.05) is 31.7 Å². The van der Waals surface area contributed by atoms with Crippen molar-refractivity contribution in [2.24, 2.45) is 4.99 Å². The van der Waals surface area contributed by atoms with E-state index in [9.17, 15) is 4.79 Å². The number of fused-ring (bicyclic) bond motifs is 3. The van der Waals surface area contributed by atoms with E-state index < -0.39 is 0 Å². The monoisotopic (exact) mass is 320 g/mol. The highest BCUT2D eigenvalue weighted by molar-refractivity contribution is 5.95. The quantitative estimate of drug-likeness (QED) is 0.750. The predicted molar refractivity (Wildman–Crippen MR) is 91.9 cm³/mol. The van der Waals surface area contributed by atoms with Crippen LogP contribution in [0.4, 0.5) is 11.6 Å². The van der Waals surface area contributed by atoms with Gasteiger partial charge in [0.2, 0.25) is 5.62 Å². The molecule has 3 heterocycles. The Morgan fingerprint density at radius 1 is 1.29 bits per heavy atom. The van der Waals surface area contributed by atoms with E-state index >= 15 is 0 Å². The van der Waals surface area contributed by atoms with Crippen LogP contribution in [0.15, 0.2) is 47.6 Å². The summed E-state index contributed by atoms with van der Waals surface area (Å²) in [6, 6.07) is 11.3. The average Bonchev–Trinajstić information content (AvgIpc) is 3.12. The van der Waals surface area contributed by atoms with Gasteiger partial charge in [-0.15, -0.1) is 0 Å². The molecule has 1 aliphatic heterocycles. The van der Waals surface area contributed by atoms with Crippen LogP contribution in [0.25, 0.3) is 10.9 Å². The minimum atomic E-state index is -0.352.